The highest BCUT2D eigenvalue weighted by Crippen LogP contribution is 2.33. The summed E-state index contributed by atoms with van der Waals surface area (Å²) in [5, 5.41) is 6.26. The summed E-state index contributed by atoms with van der Waals surface area (Å²) in [6, 6.07) is 20.2. The maximum absolute atomic E-state index is 13.3. The predicted octanol–water partition coefficient (Wildman–Crippen LogP) is 3.97. The number of amides is 1. The van der Waals surface area contributed by atoms with Crippen molar-refractivity contribution in [2.45, 2.75) is 19.0 Å². The zero-order valence-corrected chi connectivity index (χ0v) is 17.2. The summed E-state index contributed by atoms with van der Waals surface area (Å²) in [4.78, 5) is 15.2. The van der Waals surface area contributed by atoms with Crippen LogP contribution >= 0.6 is 0 Å². The van der Waals surface area contributed by atoms with Crippen LogP contribution in [-0.2, 0) is 18.4 Å². The van der Waals surface area contributed by atoms with E-state index in [1.165, 1.54) is 12.1 Å². The van der Waals surface area contributed by atoms with Crippen molar-refractivity contribution in [2.24, 2.45) is 12.1 Å². The first-order valence-electron chi connectivity index (χ1n) is 10.0. The van der Waals surface area contributed by atoms with E-state index in [0.717, 1.165) is 22.5 Å². The third kappa shape index (κ3) is 4.33. The Labute approximate surface area is 176 Å². The van der Waals surface area contributed by atoms with Crippen molar-refractivity contribution in [3.63, 3.8) is 0 Å². The number of hydrogen-bond donors (Lipinski definition) is 0. The monoisotopic (exact) mass is 404 g/mol. The molecular formula is C24H25FN4O. The van der Waals surface area contributed by atoms with Gasteiger partial charge in [-0.1, -0.05) is 42.5 Å². The minimum Gasteiger partial charge on any atom is -0.353 e. The lowest BCUT2D eigenvalue weighted by Gasteiger charge is -2.25. The number of halogens is 1. The molecule has 1 aliphatic rings. The lowest BCUT2D eigenvalue weighted by molar-refractivity contribution is -0.134. The van der Waals surface area contributed by atoms with Gasteiger partial charge in [-0.3, -0.25) is 9.69 Å². The molecule has 2 heterocycles. The fourth-order valence-electron chi connectivity index (χ4n) is 3.86. The van der Waals surface area contributed by atoms with Crippen molar-refractivity contribution in [3.8, 4) is 0 Å². The molecule has 1 atom stereocenters. The highest BCUT2D eigenvalue weighted by molar-refractivity contribution is 6.03. The van der Waals surface area contributed by atoms with Crippen LogP contribution in [0.4, 0.5) is 4.39 Å². The van der Waals surface area contributed by atoms with Crippen molar-refractivity contribution < 1.29 is 9.18 Å². The number of rotatable bonds is 6. The zero-order chi connectivity index (χ0) is 21.1. The molecular weight excluding hydrogens is 379 g/mol. The number of aromatic nitrogens is 1. The summed E-state index contributed by atoms with van der Waals surface area (Å²) >= 11 is 0. The van der Waals surface area contributed by atoms with Crippen LogP contribution in [0.2, 0.25) is 0 Å². The Bertz CT molecular complexity index is 1040. The number of carbonyl (C=O) groups excluding carboxylic acids is 1. The molecule has 0 saturated heterocycles. The van der Waals surface area contributed by atoms with Crippen molar-refractivity contribution in [2.75, 3.05) is 13.6 Å². The van der Waals surface area contributed by atoms with Gasteiger partial charge in [-0.05, 0) is 42.4 Å². The van der Waals surface area contributed by atoms with Crippen LogP contribution in [-0.4, -0.2) is 39.7 Å². The van der Waals surface area contributed by atoms with E-state index in [1.807, 2.05) is 72.2 Å². The van der Waals surface area contributed by atoms with E-state index in [1.54, 1.807) is 17.1 Å². The third-order valence-corrected chi connectivity index (χ3v) is 5.37. The van der Waals surface area contributed by atoms with Crippen LogP contribution in [0.3, 0.4) is 0 Å². The predicted molar refractivity (Wildman–Crippen MR) is 115 cm³/mol. The summed E-state index contributed by atoms with van der Waals surface area (Å²) in [5.74, 6) is -0.344. The molecule has 0 N–H and O–H groups in total. The largest absolute Gasteiger partial charge is 0.353 e. The van der Waals surface area contributed by atoms with Crippen LogP contribution in [0.5, 0.6) is 0 Å². The second-order valence-electron chi connectivity index (χ2n) is 7.71. The second kappa shape index (κ2) is 8.63. The van der Waals surface area contributed by atoms with E-state index in [2.05, 4.69) is 5.10 Å². The van der Waals surface area contributed by atoms with Gasteiger partial charge in [0.1, 0.15) is 11.9 Å². The maximum atomic E-state index is 13.3. The Balaban J connectivity index is 1.55. The zero-order valence-electron chi connectivity index (χ0n) is 17.2. The maximum Gasteiger partial charge on any atom is 0.257 e. The smallest absolute Gasteiger partial charge is 0.257 e. The molecule has 5 nitrogen and oxygen atoms in total. The van der Waals surface area contributed by atoms with Crippen molar-refractivity contribution in [1.82, 2.24) is 14.5 Å². The molecule has 1 aromatic heterocycles. The molecule has 1 unspecified atom stereocenters. The van der Waals surface area contributed by atoms with Crippen LogP contribution in [0.25, 0.3) is 0 Å². The van der Waals surface area contributed by atoms with Crippen LogP contribution < -0.4 is 0 Å². The lowest BCUT2D eigenvalue weighted by atomic mass is 10.0. The molecule has 4 rings (SSSR count). The second-order valence-corrected chi connectivity index (χ2v) is 7.71. The summed E-state index contributed by atoms with van der Waals surface area (Å²) in [6.45, 7) is 0.944. The SMILES string of the molecule is CN(CC(=O)N1N=C(c2ccc(F)cc2)CC1c1cccn1C)Cc1ccccc1. The minimum atomic E-state index is -0.285. The van der Waals surface area contributed by atoms with Gasteiger partial charge in [-0.25, -0.2) is 9.40 Å². The molecule has 30 heavy (non-hydrogen) atoms. The average Bonchev–Trinajstić information content (AvgIpc) is 3.35. The van der Waals surface area contributed by atoms with E-state index in [0.29, 0.717) is 13.0 Å². The first kappa shape index (κ1) is 20.0. The van der Waals surface area contributed by atoms with E-state index in [4.69, 9.17) is 0 Å². The van der Waals surface area contributed by atoms with E-state index in [9.17, 15) is 9.18 Å². The number of hydrazone groups is 1. The number of carbonyl (C=O) groups is 1. The minimum absolute atomic E-state index is 0.0586. The van der Waals surface area contributed by atoms with Gasteiger partial charge in [0.2, 0.25) is 0 Å². The summed E-state index contributed by atoms with van der Waals surface area (Å²) in [7, 11) is 3.90. The topological polar surface area (TPSA) is 40.8 Å². The molecule has 6 heteroatoms. The number of aryl methyl sites for hydroxylation is 1. The quantitative estimate of drug-likeness (QED) is 0.624. The highest BCUT2D eigenvalue weighted by atomic mass is 19.1. The fraction of sp³-hybridized carbons (Fsp3) is 0.250. The number of likely N-dealkylation sites (N-methyl/N-ethyl adjacent to an activating group) is 1. The van der Waals surface area contributed by atoms with Gasteiger partial charge >= 0.3 is 0 Å². The fourth-order valence-corrected chi connectivity index (χ4v) is 3.86. The molecule has 2 aromatic carbocycles. The lowest BCUT2D eigenvalue weighted by Crippen LogP contribution is -2.36. The average molecular weight is 404 g/mol. The molecule has 0 bridgehead atoms. The van der Waals surface area contributed by atoms with Gasteiger partial charge in [-0.2, -0.15) is 5.10 Å². The Kier molecular flexibility index (Phi) is 5.77. The molecule has 1 aliphatic heterocycles. The number of benzene rings is 2. The highest BCUT2D eigenvalue weighted by Gasteiger charge is 2.34. The summed E-state index contributed by atoms with van der Waals surface area (Å²) in [5.41, 5.74) is 3.81. The molecule has 0 spiro atoms. The molecule has 0 aliphatic carbocycles. The van der Waals surface area contributed by atoms with Gasteiger partial charge < -0.3 is 4.57 Å². The summed E-state index contributed by atoms with van der Waals surface area (Å²) < 4.78 is 15.4. The molecule has 0 fully saturated rings. The standard InChI is InChI=1S/C24H25FN4O/c1-27(16-18-7-4-3-5-8-18)17-24(30)29-23(22-9-6-14-28(22)2)15-21(26-29)19-10-12-20(25)13-11-19/h3-14,23H,15-17H2,1-2H3. The van der Waals surface area contributed by atoms with Gasteiger partial charge in [0.05, 0.1) is 12.3 Å². The van der Waals surface area contributed by atoms with E-state index >= 15 is 0 Å². The van der Waals surface area contributed by atoms with Crippen LogP contribution in [0.15, 0.2) is 78.0 Å². The Morgan fingerprint density at radius 1 is 1.10 bits per heavy atom. The van der Waals surface area contributed by atoms with Crippen LogP contribution in [0, 0.1) is 5.82 Å². The molecule has 1 amide bonds. The Hall–Kier alpha value is -3.25. The van der Waals surface area contributed by atoms with Gasteiger partial charge in [0.15, 0.2) is 0 Å². The Morgan fingerprint density at radius 2 is 1.83 bits per heavy atom. The number of hydrogen-bond acceptors (Lipinski definition) is 3. The van der Waals surface area contributed by atoms with Gasteiger partial charge in [0, 0.05) is 31.9 Å². The number of nitrogens with zero attached hydrogens (tertiary/aromatic N) is 4. The third-order valence-electron chi connectivity index (χ3n) is 5.37. The normalized spacial score (nSPS) is 16.2. The molecule has 154 valence electrons. The van der Waals surface area contributed by atoms with Crippen molar-refractivity contribution >= 4 is 11.6 Å². The van der Waals surface area contributed by atoms with Crippen LogP contribution in [0.1, 0.15) is 29.3 Å². The summed E-state index contributed by atoms with van der Waals surface area (Å²) in [6.07, 6.45) is 2.56. The van der Waals surface area contributed by atoms with Gasteiger partial charge in [-0.15, -0.1) is 0 Å². The van der Waals surface area contributed by atoms with E-state index < -0.39 is 0 Å². The van der Waals surface area contributed by atoms with Crippen molar-refractivity contribution in [1.29, 1.82) is 0 Å². The first-order valence-corrected chi connectivity index (χ1v) is 10.0. The molecule has 0 radical (unpaired) electrons. The Morgan fingerprint density at radius 3 is 2.50 bits per heavy atom. The van der Waals surface area contributed by atoms with Crippen molar-refractivity contribution in [3.05, 3.63) is 95.6 Å². The molecule has 3 aromatic rings. The first-order chi connectivity index (χ1) is 14.5. The molecule has 0 saturated carbocycles. The van der Waals surface area contributed by atoms with E-state index in [-0.39, 0.29) is 24.3 Å². The van der Waals surface area contributed by atoms with Gasteiger partial charge in [0.25, 0.3) is 5.91 Å².